The molecule has 0 spiro atoms. The number of aromatic nitrogens is 3. The molecule has 2 aromatic heterocycles. The van der Waals surface area contributed by atoms with E-state index in [9.17, 15) is 14.4 Å². The Morgan fingerprint density at radius 1 is 1.15 bits per heavy atom. The zero-order valence-electron chi connectivity index (χ0n) is 18.8. The maximum absolute atomic E-state index is 12.9. The van der Waals surface area contributed by atoms with E-state index in [4.69, 9.17) is 14.2 Å². The van der Waals surface area contributed by atoms with Gasteiger partial charge in [-0.25, -0.2) is 23.9 Å². The smallest absolute Gasteiger partial charge is 0.344 e. The molecule has 1 unspecified atom stereocenters. The summed E-state index contributed by atoms with van der Waals surface area (Å²) in [5.41, 5.74) is 1.87. The first-order valence-corrected chi connectivity index (χ1v) is 10.5. The van der Waals surface area contributed by atoms with Crippen molar-refractivity contribution in [3.05, 3.63) is 70.8 Å². The molecule has 11 heteroatoms. The molecule has 0 fully saturated rings. The average Bonchev–Trinajstić information content (AvgIpc) is 3.18. The van der Waals surface area contributed by atoms with Gasteiger partial charge in [-0.3, -0.25) is 0 Å². The molecule has 1 aromatic carbocycles. The number of methoxy groups -OCH3 is 1. The van der Waals surface area contributed by atoms with Crippen LogP contribution >= 0.6 is 0 Å². The van der Waals surface area contributed by atoms with E-state index < -0.39 is 24.0 Å². The Morgan fingerprint density at radius 2 is 1.91 bits per heavy atom. The van der Waals surface area contributed by atoms with Crippen LogP contribution < -0.4 is 15.4 Å². The fourth-order valence-corrected chi connectivity index (χ4v) is 3.67. The molecule has 1 aliphatic heterocycles. The van der Waals surface area contributed by atoms with Crippen molar-refractivity contribution in [3.63, 3.8) is 0 Å². The summed E-state index contributed by atoms with van der Waals surface area (Å²) >= 11 is 0. The Bertz CT molecular complexity index is 1280. The third-order valence-corrected chi connectivity index (χ3v) is 5.22. The van der Waals surface area contributed by atoms with Crippen molar-refractivity contribution in [1.82, 2.24) is 25.2 Å². The molecule has 3 aromatic rings. The van der Waals surface area contributed by atoms with E-state index in [1.807, 2.05) is 0 Å². The molecule has 0 saturated heterocycles. The largest absolute Gasteiger partial charge is 0.497 e. The molecule has 0 saturated carbocycles. The number of rotatable bonds is 7. The fraction of sp³-hybridized carbons (Fsp3) is 0.261. The number of aryl methyl sites for hydroxylation is 1. The van der Waals surface area contributed by atoms with Crippen molar-refractivity contribution >= 4 is 23.6 Å². The number of nitrogens with one attached hydrogen (secondary N) is 2. The summed E-state index contributed by atoms with van der Waals surface area (Å²) in [5.74, 6) is -0.705. The van der Waals surface area contributed by atoms with E-state index in [2.05, 4.69) is 20.7 Å². The number of ether oxygens (including phenoxy) is 3. The first-order valence-electron chi connectivity index (χ1n) is 10.5. The van der Waals surface area contributed by atoms with Gasteiger partial charge in [0, 0.05) is 12.4 Å². The van der Waals surface area contributed by atoms with Crippen LogP contribution in [0.25, 0.3) is 5.65 Å². The molecule has 2 N–H and O–H groups in total. The third-order valence-electron chi connectivity index (χ3n) is 5.22. The molecule has 0 radical (unpaired) electrons. The molecular weight excluding hydrogens is 442 g/mol. The Kier molecular flexibility index (Phi) is 6.44. The maximum atomic E-state index is 12.9. The lowest BCUT2D eigenvalue weighted by Crippen LogP contribution is -2.47. The molecular formula is C23H23N5O6. The molecule has 0 bridgehead atoms. The number of urea groups is 1. The van der Waals surface area contributed by atoms with Crippen LogP contribution in [-0.2, 0) is 14.3 Å². The Balaban J connectivity index is 1.66. The Labute approximate surface area is 194 Å². The van der Waals surface area contributed by atoms with E-state index in [0.29, 0.717) is 22.7 Å². The number of benzene rings is 1. The second kappa shape index (κ2) is 9.61. The predicted molar refractivity (Wildman–Crippen MR) is 119 cm³/mol. The first-order chi connectivity index (χ1) is 16.4. The van der Waals surface area contributed by atoms with E-state index in [1.165, 1.54) is 4.52 Å². The van der Waals surface area contributed by atoms with Gasteiger partial charge in [-0.2, -0.15) is 5.10 Å². The van der Waals surface area contributed by atoms with Crippen molar-refractivity contribution in [1.29, 1.82) is 0 Å². The number of hydrogen-bond acceptors (Lipinski definition) is 8. The van der Waals surface area contributed by atoms with Gasteiger partial charge < -0.3 is 24.8 Å². The maximum Gasteiger partial charge on any atom is 0.344 e. The lowest BCUT2D eigenvalue weighted by atomic mass is 9.95. The van der Waals surface area contributed by atoms with Crippen LogP contribution in [0.4, 0.5) is 4.79 Å². The normalized spacial score (nSPS) is 15.5. The zero-order chi connectivity index (χ0) is 24.2. The molecule has 11 nitrogen and oxygen atoms in total. The molecule has 3 heterocycles. The predicted octanol–water partition coefficient (Wildman–Crippen LogP) is 2.07. The van der Waals surface area contributed by atoms with Crippen molar-refractivity contribution in [2.75, 3.05) is 20.3 Å². The van der Waals surface area contributed by atoms with Gasteiger partial charge >= 0.3 is 18.0 Å². The third kappa shape index (κ3) is 4.40. The SMILES string of the molecule is CCOC(=O)C1=C(COC(=O)c2c(C)nn3cccnc23)NC(=O)NC1c1ccc(OC)cc1. The Morgan fingerprint density at radius 3 is 2.62 bits per heavy atom. The standard InChI is InChI=1S/C23H23N5O6/c1-4-33-22(30)18-16(25-23(31)26-19(18)14-6-8-15(32-3)9-7-14)12-34-21(29)17-13(2)27-28-11-5-10-24-20(17)28/h5-11,19H,4,12H2,1-3H3,(H2,25,26,31). The van der Waals surface area contributed by atoms with Crippen LogP contribution in [0.5, 0.6) is 5.75 Å². The van der Waals surface area contributed by atoms with Crippen molar-refractivity contribution in [2.45, 2.75) is 19.9 Å². The van der Waals surface area contributed by atoms with Crippen molar-refractivity contribution in [2.24, 2.45) is 0 Å². The molecule has 1 atom stereocenters. The highest BCUT2D eigenvalue weighted by atomic mass is 16.5. The highest BCUT2D eigenvalue weighted by Crippen LogP contribution is 2.29. The minimum atomic E-state index is -0.812. The van der Waals surface area contributed by atoms with Gasteiger partial charge in [0.1, 0.15) is 17.9 Å². The van der Waals surface area contributed by atoms with Gasteiger partial charge in [-0.15, -0.1) is 0 Å². The van der Waals surface area contributed by atoms with Gasteiger partial charge in [0.25, 0.3) is 0 Å². The number of fused-ring (bicyclic) bond motifs is 1. The summed E-state index contributed by atoms with van der Waals surface area (Å²) in [4.78, 5) is 42.4. The van der Waals surface area contributed by atoms with Crippen LogP contribution in [0, 0.1) is 6.92 Å². The minimum Gasteiger partial charge on any atom is -0.497 e. The highest BCUT2D eigenvalue weighted by molar-refractivity contribution is 5.98. The lowest BCUT2D eigenvalue weighted by molar-refractivity contribution is -0.139. The number of amides is 2. The second-order valence-electron chi connectivity index (χ2n) is 7.34. The van der Waals surface area contributed by atoms with Crippen molar-refractivity contribution in [3.8, 4) is 5.75 Å². The fourth-order valence-electron chi connectivity index (χ4n) is 3.67. The average molecular weight is 465 g/mol. The Hall–Kier alpha value is -4.41. The van der Waals surface area contributed by atoms with Gasteiger partial charge in [0.05, 0.1) is 36.7 Å². The summed E-state index contributed by atoms with van der Waals surface area (Å²) in [6.45, 7) is 3.11. The number of esters is 2. The van der Waals surface area contributed by atoms with Crippen molar-refractivity contribution < 1.29 is 28.6 Å². The summed E-state index contributed by atoms with van der Waals surface area (Å²) < 4.78 is 17.4. The van der Waals surface area contributed by atoms with Crippen LogP contribution in [0.15, 0.2) is 54.0 Å². The summed E-state index contributed by atoms with van der Waals surface area (Å²) in [6, 6.07) is 7.22. The van der Waals surface area contributed by atoms with Gasteiger partial charge in [-0.1, -0.05) is 12.1 Å². The van der Waals surface area contributed by atoms with E-state index in [0.717, 1.165) is 0 Å². The van der Waals surface area contributed by atoms with Crippen LogP contribution in [0.1, 0.15) is 34.6 Å². The summed E-state index contributed by atoms with van der Waals surface area (Å²) in [7, 11) is 1.54. The van der Waals surface area contributed by atoms with Crippen LogP contribution in [0.3, 0.4) is 0 Å². The molecule has 2 amide bonds. The second-order valence-corrected chi connectivity index (χ2v) is 7.34. The summed E-state index contributed by atoms with van der Waals surface area (Å²) in [6.07, 6.45) is 3.21. The van der Waals surface area contributed by atoms with Gasteiger partial charge in [-0.05, 0) is 37.6 Å². The zero-order valence-corrected chi connectivity index (χ0v) is 18.8. The van der Waals surface area contributed by atoms with Gasteiger partial charge in [0.15, 0.2) is 5.65 Å². The van der Waals surface area contributed by atoms with E-state index in [-0.39, 0.29) is 30.0 Å². The molecule has 176 valence electrons. The van der Waals surface area contributed by atoms with Crippen LogP contribution in [-0.4, -0.2) is 52.9 Å². The molecule has 0 aliphatic carbocycles. The first kappa shape index (κ1) is 22.8. The monoisotopic (exact) mass is 465 g/mol. The number of hydrogen-bond donors (Lipinski definition) is 2. The molecule has 34 heavy (non-hydrogen) atoms. The lowest BCUT2D eigenvalue weighted by Gasteiger charge is -2.29. The number of nitrogens with zero attached hydrogens (tertiary/aromatic N) is 3. The summed E-state index contributed by atoms with van der Waals surface area (Å²) in [5, 5.41) is 9.55. The highest BCUT2D eigenvalue weighted by Gasteiger charge is 2.34. The minimum absolute atomic E-state index is 0.124. The topological polar surface area (TPSA) is 133 Å². The quantitative estimate of drug-likeness (QED) is 0.507. The molecule has 1 aliphatic rings. The van der Waals surface area contributed by atoms with Crippen LogP contribution in [0.2, 0.25) is 0 Å². The number of carbonyl (C=O) groups is 3. The van der Waals surface area contributed by atoms with E-state index >= 15 is 0 Å². The van der Waals surface area contributed by atoms with E-state index in [1.54, 1.807) is 63.7 Å². The van der Waals surface area contributed by atoms with Gasteiger partial charge in [0.2, 0.25) is 0 Å². The molecule has 4 rings (SSSR count). The number of carbonyl (C=O) groups excluding carboxylic acids is 3.